The lowest BCUT2D eigenvalue weighted by Crippen LogP contribution is -2.26. The molecule has 1 fully saturated rings. The van der Waals surface area contributed by atoms with Crippen LogP contribution in [0.4, 0.5) is 5.95 Å². The first-order chi connectivity index (χ1) is 9.20. The van der Waals surface area contributed by atoms with Gasteiger partial charge in [0.25, 0.3) is 0 Å². The highest BCUT2D eigenvalue weighted by molar-refractivity contribution is 8.00. The Kier molecular flexibility index (Phi) is 9.19. The van der Waals surface area contributed by atoms with E-state index in [1.807, 2.05) is 13.8 Å². The fraction of sp³-hybridized carbons (Fsp3) is 0.727. The van der Waals surface area contributed by atoms with E-state index < -0.39 is 0 Å². The molecule has 0 aromatic carbocycles. The number of aliphatic hydroxyl groups is 2. The van der Waals surface area contributed by atoms with Crippen LogP contribution in [0, 0.1) is 0 Å². The number of thioether (sulfide) groups is 1. The normalized spacial score (nSPS) is 20.9. The van der Waals surface area contributed by atoms with Gasteiger partial charge in [0.05, 0.1) is 12.0 Å². The van der Waals surface area contributed by atoms with Crippen molar-refractivity contribution in [1.29, 1.82) is 0 Å². The largest absolute Gasteiger partial charge is 0.400 e. The van der Waals surface area contributed by atoms with Gasteiger partial charge >= 0.3 is 5.69 Å². The fourth-order valence-electron chi connectivity index (χ4n) is 1.58. The van der Waals surface area contributed by atoms with E-state index in [1.165, 1.54) is 10.9 Å². The molecule has 1 aliphatic heterocycles. The van der Waals surface area contributed by atoms with Gasteiger partial charge in [-0.2, -0.15) is 4.98 Å². The molecule has 1 saturated heterocycles. The van der Waals surface area contributed by atoms with Crippen LogP contribution in [0.15, 0.2) is 11.1 Å². The molecule has 0 amide bonds. The van der Waals surface area contributed by atoms with Crippen molar-refractivity contribution in [2.75, 3.05) is 19.5 Å². The minimum absolute atomic E-state index is 0.00189. The zero-order valence-corrected chi connectivity index (χ0v) is 12.3. The van der Waals surface area contributed by atoms with Gasteiger partial charge in [-0.15, -0.1) is 11.8 Å². The third kappa shape index (κ3) is 5.17. The molecule has 110 valence electrons. The maximum Gasteiger partial charge on any atom is 0.353 e. The average molecular weight is 290 g/mol. The highest BCUT2D eigenvalue weighted by Crippen LogP contribution is 2.39. The van der Waals surface area contributed by atoms with Crippen molar-refractivity contribution >= 4 is 17.7 Å². The second-order valence-electron chi connectivity index (χ2n) is 3.38. The summed E-state index contributed by atoms with van der Waals surface area (Å²) in [5.41, 5.74) is 4.92. The molecule has 0 bridgehead atoms. The summed E-state index contributed by atoms with van der Waals surface area (Å²) >= 11 is 1.58. The lowest BCUT2D eigenvalue weighted by Gasteiger charge is -2.11. The van der Waals surface area contributed by atoms with Gasteiger partial charge in [-0.05, 0) is 12.8 Å². The second-order valence-corrected chi connectivity index (χ2v) is 4.86. The van der Waals surface area contributed by atoms with E-state index in [4.69, 9.17) is 15.9 Å². The van der Waals surface area contributed by atoms with Crippen LogP contribution in [0.25, 0.3) is 0 Å². The zero-order chi connectivity index (χ0) is 14.8. The number of aromatic nitrogens is 3. The molecule has 0 aliphatic carbocycles. The van der Waals surface area contributed by atoms with Gasteiger partial charge in [0.1, 0.15) is 6.33 Å². The van der Waals surface area contributed by atoms with Crippen LogP contribution in [-0.2, 0) is 0 Å². The maximum atomic E-state index is 11.5. The summed E-state index contributed by atoms with van der Waals surface area (Å²) in [5.74, 6) is -0.00189. The lowest BCUT2D eigenvalue weighted by atomic mass is 10.2. The Morgan fingerprint density at radius 1 is 1.47 bits per heavy atom. The minimum atomic E-state index is -0.376. The molecule has 0 radical (unpaired) electrons. The first-order valence-electron chi connectivity index (χ1n) is 6.12. The summed E-state index contributed by atoms with van der Waals surface area (Å²) in [6.07, 6.45) is 3.17. The Balaban J connectivity index is 0.000000741. The summed E-state index contributed by atoms with van der Waals surface area (Å²) in [7, 11) is 1.00. The molecule has 4 N–H and O–H groups in total. The van der Waals surface area contributed by atoms with Crippen LogP contribution in [0.2, 0.25) is 0 Å². The van der Waals surface area contributed by atoms with Crippen LogP contribution in [0.3, 0.4) is 0 Å². The molecule has 1 aromatic rings. The number of hydrogen-bond donors (Lipinski definition) is 3. The first kappa shape index (κ1) is 17.9. The first-order valence-corrected chi connectivity index (χ1v) is 7.06. The van der Waals surface area contributed by atoms with E-state index in [0.717, 1.165) is 20.0 Å². The van der Waals surface area contributed by atoms with E-state index in [-0.39, 0.29) is 28.9 Å². The van der Waals surface area contributed by atoms with Crippen molar-refractivity contribution in [1.82, 2.24) is 14.5 Å². The smallest absolute Gasteiger partial charge is 0.353 e. The molecule has 1 aliphatic rings. The molecule has 19 heavy (non-hydrogen) atoms. The molecule has 2 atom stereocenters. The second kappa shape index (κ2) is 9.76. The number of aliphatic hydroxyl groups excluding tert-OH is 2. The van der Waals surface area contributed by atoms with E-state index in [0.29, 0.717) is 0 Å². The average Bonchev–Trinajstić information content (AvgIpc) is 2.92. The standard InChI is InChI=1S/C8H12N4O2S.C2H6.CH4O/c9-7-10-4-12(8(14)11-7)6-2-1-5(3-13)15-6;2*1-2/h4-6,13H,1-3H2,(H2,9,11,14);1-2H3;2H,1H3. The Labute approximate surface area is 116 Å². The molecular formula is C11H22N4O3S. The molecule has 2 rings (SSSR count). The van der Waals surface area contributed by atoms with Gasteiger partial charge in [0.2, 0.25) is 5.95 Å². The summed E-state index contributed by atoms with van der Waals surface area (Å²) in [5, 5.41) is 16.2. The number of nitrogens with two attached hydrogens (primary N) is 1. The summed E-state index contributed by atoms with van der Waals surface area (Å²) in [6.45, 7) is 4.14. The van der Waals surface area contributed by atoms with E-state index in [1.54, 1.807) is 11.8 Å². The maximum absolute atomic E-state index is 11.5. The van der Waals surface area contributed by atoms with E-state index >= 15 is 0 Å². The van der Waals surface area contributed by atoms with Crippen LogP contribution in [0.5, 0.6) is 0 Å². The quantitative estimate of drug-likeness (QED) is 0.714. The Morgan fingerprint density at radius 2 is 2.11 bits per heavy atom. The number of nitrogen functional groups attached to an aromatic ring is 1. The molecule has 2 unspecified atom stereocenters. The monoisotopic (exact) mass is 290 g/mol. The third-order valence-electron chi connectivity index (χ3n) is 2.34. The predicted molar refractivity (Wildman–Crippen MR) is 76.9 cm³/mol. The number of rotatable bonds is 2. The van der Waals surface area contributed by atoms with Crippen LogP contribution >= 0.6 is 11.8 Å². The Hall–Kier alpha value is -1.12. The molecule has 1 aromatic heterocycles. The summed E-state index contributed by atoms with van der Waals surface area (Å²) in [6, 6.07) is 0. The van der Waals surface area contributed by atoms with Gasteiger partial charge in [-0.3, -0.25) is 4.57 Å². The molecular weight excluding hydrogens is 268 g/mol. The third-order valence-corrected chi connectivity index (χ3v) is 3.89. The van der Waals surface area contributed by atoms with Gasteiger partial charge in [0, 0.05) is 12.4 Å². The lowest BCUT2D eigenvalue weighted by molar-refractivity contribution is 0.292. The summed E-state index contributed by atoms with van der Waals surface area (Å²) in [4.78, 5) is 18.8. The van der Waals surface area contributed by atoms with Crippen molar-refractivity contribution in [3.8, 4) is 0 Å². The number of hydrogen-bond acceptors (Lipinski definition) is 7. The van der Waals surface area contributed by atoms with Crippen molar-refractivity contribution in [3.63, 3.8) is 0 Å². The highest BCUT2D eigenvalue weighted by atomic mass is 32.2. The van der Waals surface area contributed by atoms with Gasteiger partial charge in [-0.1, -0.05) is 13.8 Å². The van der Waals surface area contributed by atoms with Crippen molar-refractivity contribution in [2.45, 2.75) is 37.3 Å². The number of nitrogens with zero attached hydrogens (tertiary/aromatic N) is 3. The van der Waals surface area contributed by atoms with E-state index in [2.05, 4.69) is 9.97 Å². The number of anilines is 1. The van der Waals surface area contributed by atoms with E-state index in [9.17, 15) is 4.79 Å². The van der Waals surface area contributed by atoms with Crippen molar-refractivity contribution in [2.24, 2.45) is 0 Å². The predicted octanol–water partition coefficient (Wildman–Crippen LogP) is 0.242. The van der Waals surface area contributed by atoms with Crippen LogP contribution in [0.1, 0.15) is 32.1 Å². The topological polar surface area (TPSA) is 114 Å². The molecule has 0 spiro atoms. The van der Waals surface area contributed by atoms with Gasteiger partial charge < -0.3 is 15.9 Å². The van der Waals surface area contributed by atoms with Gasteiger partial charge in [0.15, 0.2) is 0 Å². The molecule has 2 heterocycles. The van der Waals surface area contributed by atoms with Crippen LogP contribution in [-0.4, -0.2) is 43.7 Å². The van der Waals surface area contributed by atoms with Crippen LogP contribution < -0.4 is 11.4 Å². The molecule has 0 saturated carbocycles. The Bertz CT molecular complexity index is 413. The van der Waals surface area contributed by atoms with Crippen molar-refractivity contribution < 1.29 is 10.2 Å². The molecule has 7 nitrogen and oxygen atoms in total. The SMILES string of the molecule is CC.CO.Nc1ncn(C2CCC(CO)S2)c(=O)n1. The minimum Gasteiger partial charge on any atom is -0.400 e. The Morgan fingerprint density at radius 3 is 2.58 bits per heavy atom. The zero-order valence-electron chi connectivity index (χ0n) is 11.5. The highest BCUT2D eigenvalue weighted by Gasteiger charge is 2.26. The molecule has 8 heteroatoms. The van der Waals surface area contributed by atoms with Gasteiger partial charge in [-0.25, -0.2) is 9.78 Å². The summed E-state index contributed by atoms with van der Waals surface area (Å²) < 4.78 is 1.47. The van der Waals surface area contributed by atoms with Crippen molar-refractivity contribution in [3.05, 3.63) is 16.8 Å². The fourth-order valence-corrected chi connectivity index (χ4v) is 2.93.